The standard InChI is InChI=1S/C9H8BrFO/c10-5-1-2-7-3-4-8(11)9(12)6-7/h1-4,6,12H,5H2. The van der Waals surface area contributed by atoms with Crippen LogP contribution in [0, 0.1) is 5.82 Å². The van der Waals surface area contributed by atoms with Crippen molar-refractivity contribution in [1.82, 2.24) is 0 Å². The van der Waals surface area contributed by atoms with Gasteiger partial charge in [0.1, 0.15) is 0 Å². The molecule has 1 nitrogen and oxygen atoms in total. The SMILES string of the molecule is Oc1cc(C=CCBr)ccc1F. The number of hydrogen-bond acceptors (Lipinski definition) is 1. The first kappa shape index (κ1) is 9.26. The maximum Gasteiger partial charge on any atom is 0.164 e. The molecule has 0 saturated carbocycles. The molecular weight excluding hydrogens is 223 g/mol. The minimum atomic E-state index is -0.592. The number of halogens is 2. The molecule has 1 rings (SSSR count). The van der Waals surface area contributed by atoms with Gasteiger partial charge in [0.25, 0.3) is 0 Å². The summed E-state index contributed by atoms with van der Waals surface area (Å²) in [7, 11) is 0. The van der Waals surface area contributed by atoms with E-state index in [4.69, 9.17) is 5.11 Å². The van der Waals surface area contributed by atoms with Gasteiger partial charge in [0.2, 0.25) is 0 Å². The lowest BCUT2D eigenvalue weighted by Gasteiger charge is -1.96. The minimum Gasteiger partial charge on any atom is -0.505 e. The van der Waals surface area contributed by atoms with E-state index in [0.29, 0.717) is 0 Å². The van der Waals surface area contributed by atoms with Crippen molar-refractivity contribution in [2.75, 3.05) is 5.33 Å². The van der Waals surface area contributed by atoms with Crippen molar-refractivity contribution in [3.05, 3.63) is 35.7 Å². The first-order valence-corrected chi connectivity index (χ1v) is 4.57. The molecule has 0 heterocycles. The third kappa shape index (κ3) is 2.34. The van der Waals surface area contributed by atoms with E-state index in [9.17, 15) is 4.39 Å². The van der Waals surface area contributed by atoms with E-state index in [-0.39, 0.29) is 5.75 Å². The summed E-state index contributed by atoms with van der Waals surface area (Å²) in [5.41, 5.74) is 0.786. The zero-order valence-corrected chi connectivity index (χ0v) is 7.88. The Morgan fingerprint density at radius 1 is 1.50 bits per heavy atom. The number of hydrogen-bond donors (Lipinski definition) is 1. The molecule has 12 heavy (non-hydrogen) atoms. The highest BCUT2D eigenvalue weighted by molar-refractivity contribution is 9.09. The molecule has 0 aliphatic rings. The van der Waals surface area contributed by atoms with Crippen molar-refractivity contribution in [2.45, 2.75) is 0 Å². The molecule has 0 unspecified atom stereocenters. The molecule has 0 radical (unpaired) electrons. The highest BCUT2D eigenvalue weighted by atomic mass is 79.9. The summed E-state index contributed by atoms with van der Waals surface area (Å²) in [6, 6.07) is 4.23. The summed E-state index contributed by atoms with van der Waals surface area (Å²) in [5.74, 6) is -0.905. The predicted octanol–water partition coefficient (Wildman–Crippen LogP) is 2.94. The Bertz CT molecular complexity index is 297. The van der Waals surface area contributed by atoms with Crippen LogP contribution in [-0.2, 0) is 0 Å². The van der Waals surface area contributed by atoms with Crippen LogP contribution in [-0.4, -0.2) is 10.4 Å². The van der Waals surface area contributed by atoms with E-state index in [0.717, 1.165) is 10.9 Å². The summed E-state index contributed by atoms with van der Waals surface area (Å²) in [5, 5.41) is 9.72. The Hall–Kier alpha value is -0.830. The van der Waals surface area contributed by atoms with Crippen LogP contribution < -0.4 is 0 Å². The Balaban J connectivity index is 2.89. The van der Waals surface area contributed by atoms with Crippen LogP contribution in [0.4, 0.5) is 4.39 Å². The van der Waals surface area contributed by atoms with Gasteiger partial charge in [-0.3, -0.25) is 0 Å². The molecule has 1 N–H and O–H groups in total. The number of benzene rings is 1. The topological polar surface area (TPSA) is 20.2 Å². The molecule has 0 aromatic heterocycles. The molecule has 0 aliphatic heterocycles. The zero-order chi connectivity index (χ0) is 8.97. The van der Waals surface area contributed by atoms with Gasteiger partial charge in [0, 0.05) is 5.33 Å². The van der Waals surface area contributed by atoms with E-state index in [1.807, 2.05) is 6.08 Å². The Kier molecular flexibility index (Phi) is 3.29. The second-order valence-corrected chi connectivity index (χ2v) is 2.92. The molecule has 1 aromatic carbocycles. The smallest absolute Gasteiger partial charge is 0.164 e. The fourth-order valence-electron chi connectivity index (χ4n) is 0.814. The number of allylic oxidation sites excluding steroid dienone is 1. The molecule has 1 aromatic rings. The number of phenolic OH excluding ortho intramolecular Hbond substituents is 1. The van der Waals surface area contributed by atoms with Crippen molar-refractivity contribution in [3.63, 3.8) is 0 Å². The summed E-state index contributed by atoms with van der Waals surface area (Å²) >= 11 is 3.22. The normalized spacial score (nSPS) is 10.8. The molecule has 0 fully saturated rings. The van der Waals surface area contributed by atoms with Gasteiger partial charge in [-0.25, -0.2) is 4.39 Å². The molecule has 0 spiro atoms. The van der Waals surface area contributed by atoms with E-state index >= 15 is 0 Å². The van der Waals surface area contributed by atoms with Crippen molar-refractivity contribution >= 4 is 22.0 Å². The van der Waals surface area contributed by atoms with Gasteiger partial charge < -0.3 is 5.11 Å². The van der Waals surface area contributed by atoms with E-state index in [1.165, 1.54) is 12.1 Å². The van der Waals surface area contributed by atoms with Crippen molar-refractivity contribution < 1.29 is 9.50 Å². The lowest BCUT2D eigenvalue weighted by Crippen LogP contribution is -1.77. The number of rotatable bonds is 2. The fraction of sp³-hybridized carbons (Fsp3) is 0.111. The first-order chi connectivity index (χ1) is 5.74. The van der Waals surface area contributed by atoms with Gasteiger partial charge >= 0.3 is 0 Å². The largest absolute Gasteiger partial charge is 0.505 e. The molecule has 64 valence electrons. The van der Waals surface area contributed by atoms with E-state index in [2.05, 4.69) is 15.9 Å². The summed E-state index contributed by atoms with van der Waals surface area (Å²) in [4.78, 5) is 0. The van der Waals surface area contributed by atoms with Gasteiger partial charge in [0.15, 0.2) is 11.6 Å². The van der Waals surface area contributed by atoms with Crippen molar-refractivity contribution in [3.8, 4) is 5.75 Å². The van der Waals surface area contributed by atoms with Crippen LogP contribution in [0.5, 0.6) is 5.75 Å². The maximum absolute atomic E-state index is 12.5. The van der Waals surface area contributed by atoms with Gasteiger partial charge in [-0.15, -0.1) is 0 Å². The van der Waals surface area contributed by atoms with Crippen LogP contribution in [0.15, 0.2) is 24.3 Å². The summed E-state index contributed by atoms with van der Waals surface area (Å²) in [6.07, 6.45) is 3.67. The summed E-state index contributed by atoms with van der Waals surface area (Å²) < 4.78 is 12.5. The second kappa shape index (κ2) is 4.26. The number of phenols is 1. The van der Waals surface area contributed by atoms with Crippen LogP contribution in [0.3, 0.4) is 0 Å². The zero-order valence-electron chi connectivity index (χ0n) is 6.30. The monoisotopic (exact) mass is 230 g/mol. The van der Waals surface area contributed by atoms with Crippen LogP contribution in [0.1, 0.15) is 5.56 Å². The molecule has 0 aliphatic carbocycles. The third-order valence-corrected chi connectivity index (χ3v) is 1.74. The average molecular weight is 231 g/mol. The quantitative estimate of drug-likeness (QED) is 0.776. The maximum atomic E-state index is 12.5. The van der Waals surface area contributed by atoms with Crippen LogP contribution in [0.25, 0.3) is 6.08 Å². The lowest BCUT2D eigenvalue weighted by atomic mass is 10.2. The average Bonchev–Trinajstić information content (AvgIpc) is 2.07. The minimum absolute atomic E-state index is 0.313. The lowest BCUT2D eigenvalue weighted by molar-refractivity contribution is 0.432. The van der Waals surface area contributed by atoms with Crippen LogP contribution >= 0.6 is 15.9 Å². The van der Waals surface area contributed by atoms with Gasteiger partial charge in [-0.05, 0) is 17.7 Å². The Morgan fingerprint density at radius 3 is 2.83 bits per heavy atom. The van der Waals surface area contributed by atoms with Gasteiger partial charge in [0.05, 0.1) is 0 Å². The molecule has 3 heteroatoms. The van der Waals surface area contributed by atoms with Crippen molar-refractivity contribution in [1.29, 1.82) is 0 Å². The summed E-state index contributed by atoms with van der Waals surface area (Å²) in [6.45, 7) is 0. The highest BCUT2D eigenvalue weighted by Crippen LogP contribution is 2.17. The van der Waals surface area contributed by atoms with Gasteiger partial charge in [-0.1, -0.05) is 34.1 Å². The fourth-order valence-corrected chi connectivity index (χ4v) is 1.00. The van der Waals surface area contributed by atoms with E-state index in [1.54, 1.807) is 12.1 Å². The Morgan fingerprint density at radius 2 is 2.25 bits per heavy atom. The molecule has 0 bridgehead atoms. The van der Waals surface area contributed by atoms with Crippen molar-refractivity contribution in [2.24, 2.45) is 0 Å². The first-order valence-electron chi connectivity index (χ1n) is 3.45. The Labute approximate surface area is 78.7 Å². The van der Waals surface area contributed by atoms with Gasteiger partial charge in [-0.2, -0.15) is 0 Å². The molecule has 0 amide bonds. The van der Waals surface area contributed by atoms with E-state index < -0.39 is 5.82 Å². The second-order valence-electron chi connectivity index (χ2n) is 2.27. The number of alkyl halides is 1. The molecule has 0 atom stereocenters. The van der Waals surface area contributed by atoms with Crippen LogP contribution in [0.2, 0.25) is 0 Å². The molecular formula is C9H8BrFO. The number of aromatic hydroxyl groups is 1. The predicted molar refractivity (Wildman–Crippen MR) is 50.9 cm³/mol. The highest BCUT2D eigenvalue weighted by Gasteiger charge is 1.97. The molecule has 0 saturated heterocycles. The third-order valence-electron chi connectivity index (χ3n) is 1.37.